The van der Waals surface area contributed by atoms with Crippen LogP contribution in [-0.4, -0.2) is 56.3 Å². The number of hydrogen-bond donors (Lipinski definition) is 0. The van der Waals surface area contributed by atoms with Crippen molar-refractivity contribution >= 4 is 27.5 Å². The Kier molecular flexibility index (Phi) is 6.40. The first-order valence-corrected chi connectivity index (χ1v) is 10.6. The maximum absolute atomic E-state index is 13.9. The zero-order valence-electron chi connectivity index (χ0n) is 15.6. The highest BCUT2D eigenvalue weighted by atomic mass is 35.5. The molecule has 0 atom stereocenters. The van der Waals surface area contributed by atoms with E-state index in [1.54, 1.807) is 18.2 Å². The molecule has 0 N–H and O–H groups in total. The molecule has 2 aromatic carbocycles. The van der Waals surface area contributed by atoms with E-state index in [2.05, 4.69) is 0 Å². The number of carbonyl (C=O) groups excluding carboxylic acids is 1. The summed E-state index contributed by atoms with van der Waals surface area (Å²) in [6.45, 7) is 1.92. The lowest BCUT2D eigenvalue weighted by Gasteiger charge is -2.34. The average molecular weight is 445 g/mol. The van der Waals surface area contributed by atoms with Crippen molar-refractivity contribution in [2.24, 2.45) is 0 Å². The highest BCUT2D eigenvalue weighted by molar-refractivity contribution is 7.89. The maximum Gasteiger partial charge on any atom is 0.260 e. The van der Waals surface area contributed by atoms with E-state index in [0.29, 0.717) is 16.8 Å². The topological polar surface area (TPSA) is 66.9 Å². The van der Waals surface area contributed by atoms with Gasteiger partial charge in [0.05, 0.1) is 0 Å². The van der Waals surface area contributed by atoms with E-state index < -0.39 is 26.6 Å². The number of piperazine rings is 1. The number of sulfonamides is 1. The highest BCUT2D eigenvalue weighted by Gasteiger charge is 2.32. The molecule has 1 heterocycles. The van der Waals surface area contributed by atoms with Gasteiger partial charge in [-0.3, -0.25) is 4.79 Å². The van der Waals surface area contributed by atoms with Crippen molar-refractivity contribution in [1.82, 2.24) is 9.21 Å². The fourth-order valence-electron chi connectivity index (χ4n) is 2.94. The molecule has 3 rings (SSSR count). The van der Waals surface area contributed by atoms with E-state index >= 15 is 0 Å². The monoisotopic (exact) mass is 444 g/mol. The van der Waals surface area contributed by atoms with Gasteiger partial charge in [0.1, 0.15) is 22.3 Å². The van der Waals surface area contributed by atoms with Gasteiger partial charge in [0.25, 0.3) is 5.91 Å². The van der Waals surface area contributed by atoms with Crippen molar-refractivity contribution in [3.63, 3.8) is 0 Å². The summed E-state index contributed by atoms with van der Waals surface area (Å²) in [6.07, 6.45) is 0. The Bertz CT molecular complexity index is 1020. The van der Waals surface area contributed by atoms with Crippen LogP contribution in [0.15, 0.2) is 41.3 Å². The van der Waals surface area contributed by atoms with Crippen molar-refractivity contribution in [1.29, 1.82) is 0 Å². The Morgan fingerprint density at radius 2 is 1.79 bits per heavy atom. The molecule has 0 spiro atoms. The maximum atomic E-state index is 13.9. The number of halogens is 3. The van der Waals surface area contributed by atoms with Gasteiger partial charge in [-0.1, -0.05) is 11.6 Å². The molecule has 0 saturated carbocycles. The number of aryl methyl sites for hydroxylation is 1. The molecule has 0 radical (unpaired) electrons. The Balaban J connectivity index is 1.58. The Morgan fingerprint density at radius 1 is 1.10 bits per heavy atom. The summed E-state index contributed by atoms with van der Waals surface area (Å²) < 4.78 is 58.7. The third-order valence-corrected chi connectivity index (χ3v) is 6.95. The molecule has 1 aliphatic rings. The molecular formula is C19H19ClF2N2O4S. The molecule has 6 nitrogen and oxygen atoms in total. The quantitative estimate of drug-likeness (QED) is 0.711. The van der Waals surface area contributed by atoms with Crippen LogP contribution in [0.1, 0.15) is 5.56 Å². The summed E-state index contributed by atoms with van der Waals surface area (Å²) in [4.78, 5) is 13.2. The minimum Gasteiger partial charge on any atom is -0.484 e. The second-order valence-corrected chi connectivity index (χ2v) is 8.87. The van der Waals surface area contributed by atoms with Gasteiger partial charge in [0, 0.05) is 37.3 Å². The molecule has 0 aliphatic carbocycles. The number of rotatable bonds is 5. The van der Waals surface area contributed by atoms with Crippen LogP contribution in [0.25, 0.3) is 0 Å². The molecular weight excluding hydrogens is 426 g/mol. The van der Waals surface area contributed by atoms with Crippen molar-refractivity contribution < 1.29 is 26.7 Å². The molecule has 1 saturated heterocycles. The number of ether oxygens (including phenoxy) is 1. The van der Waals surface area contributed by atoms with E-state index in [4.69, 9.17) is 16.3 Å². The predicted molar refractivity (Wildman–Crippen MR) is 103 cm³/mol. The van der Waals surface area contributed by atoms with Crippen LogP contribution in [0.3, 0.4) is 0 Å². The van der Waals surface area contributed by atoms with Gasteiger partial charge in [-0.2, -0.15) is 4.31 Å². The highest BCUT2D eigenvalue weighted by Crippen LogP contribution is 2.23. The molecule has 0 aromatic heterocycles. The van der Waals surface area contributed by atoms with Gasteiger partial charge < -0.3 is 9.64 Å². The van der Waals surface area contributed by atoms with Crippen LogP contribution in [0, 0.1) is 18.6 Å². The van der Waals surface area contributed by atoms with Crippen LogP contribution in [0.5, 0.6) is 5.75 Å². The number of amides is 1. The average Bonchev–Trinajstić information content (AvgIpc) is 2.68. The van der Waals surface area contributed by atoms with Crippen LogP contribution in [0.2, 0.25) is 5.02 Å². The first-order valence-electron chi connectivity index (χ1n) is 8.80. The van der Waals surface area contributed by atoms with Crippen LogP contribution < -0.4 is 4.74 Å². The van der Waals surface area contributed by atoms with Crippen molar-refractivity contribution in [3.8, 4) is 5.75 Å². The Morgan fingerprint density at radius 3 is 2.41 bits per heavy atom. The Hall–Kier alpha value is -2.23. The molecule has 10 heteroatoms. The molecule has 2 aromatic rings. The first kappa shape index (κ1) is 21.5. The smallest absolute Gasteiger partial charge is 0.260 e. The summed E-state index contributed by atoms with van der Waals surface area (Å²) in [6, 6.07) is 7.38. The van der Waals surface area contributed by atoms with Crippen LogP contribution in [0.4, 0.5) is 8.78 Å². The van der Waals surface area contributed by atoms with Gasteiger partial charge in [-0.15, -0.1) is 0 Å². The summed E-state index contributed by atoms with van der Waals surface area (Å²) >= 11 is 5.95. The fourth-order valence-corrected chi connectivity index (χ4v) is 4.53. The van der Waals surface area contributed by atoms with Crippen LogP contribution >= 0.6 is 11.6 Å². The number of hydrogen-bond acceptors (Lipinski definition) is 4. The molecule has 1 amide bonds. The molecule has 0 unspecified atom stereocenters. The number of nitrogens with zero attached hydrogens (tertiary/aromatic N) is 2. The zero-order valence-corrected chi connectivity index (χ0v) is 17.1. The van der Waals surface area contributed by atoms with Crippen molar-refractivity contribution in [3.05, 3.63) is 58.6 Å². The first-order chi connectivity index (χ1) is 13.7. The molecule has 0 bridgehead atoms. The molecule has 1 aliphatic heterocycles. The van der Waals surface area contributed by atoms with E-state index in [1.807, 2.05) is 6.92 Å². The minimum atomic E-state index is -4.11. The largest absolute Gasteiger partial charge is 0.484 e. The van der Waals surface area contributed by atoms with E-state index in [9.17, 15) is 22.0 Å². The lowest BCUT2D eigenvalue weighted by molar-refractivity contribution is -0.134. The van der Waals surface area contributed by atoms with E-state index in [-0.39, 0.29) is 38.7 Å². The lowest BCUT2D eigenvalue weighted by atomic mass is 10.2. The van der Waals surface area contributed by atoms with Gasteiger partial charge in [-0.25, -0.2) is 17.2 Å². The summed E-state index contributed by atoms with van der Waals surface area (Å²) in [5.41, 5.74) is 0.823. The minimum absolute atomic E-state index is 0.00490. The van der Waals surface area contributed by atoms with Crippen molar-refractivity contribution in [2.75, 3.05) is 32.8 Å². The predicted octanol–water partition coefficient (Wildman–Crippen LogP) is 2.84. The van der Waals surface area contributed by atoms with Gasteiger partial charge >= 0.3 is 0 Å². The Labute approximate surface area is 172 Å². The zero-order chi connectivity index (χ0) is 21.2. The second kappa shape index (κ2) is 8.64. The molecule has 29 heavy (non-hydrogen) atoms. The van der Waals surface area contributed by atoms with Crippen LogP contribution in [-0.2, 0) is 14.8 Å². The molecule has 1 fully saturated rings. The summed E-state index contributed by atoms with van der Waals surface area (Å²) in [5, 5.41) is 0.596. The van der Waals surface area contributed by atoms with Crippen molar-refractivity contribution in [2.45, 2.75) is 11.8 Å². The number of carbonyl (C=O) groups is 1. The van der Waals surface area contributed by atoms with Gasteiger partial charge in [0.15, 0.2) is 6.61 Å². The third-order valence-electron chi connectivity index (χ3n) is 4.59. The van der Waals surface area contributed by atoms with E-state index in [0.717, 1.165) is 22.0 Å². The fraction of sp³-hybridized carbons (Fsp3) is 0.316. The van der Waals surface area contributed by atoms with Gasteiger partial charge in [-0.05, 0) is 42.8 Å². The third kappa shape index (κ3) is 4.85. The van der Waals surface area contributed by atoms with E-state index in [1.165, 1.54) is 4.90 Å². The number of benzene rings is 2. The summed E-state index contributed by atoms with van der Waals surface area (Å²) in [5.74, 6) is -1.78. The second-order valence-electron chi connectivity index (χ2n) is 6.56. The normalized spacial score (nSPS) is 15.4. The standard InChI is InChI=1S/C19H19ClF2N2O4S/c1-13-10-15(3-4-16(13)20)28-12-19(25)23-6-8-24(9-7-23)29(26,27)18-5-2-14(21)11-17(18)22/h2-5,10-11H,6-9,12H2,1H3. The van der Waals surface area contributed by atoms with Gasteiger partial charge in [0.2, 0.25) is 10.0 Å². The summed E-state index contributed by atoms with van der Waals surface area (Å²) in [7, 11) is -4.11. The lowest BCUT2D eigenvalue weighted by Crippen LogP contribution is -2.51. The molecule has 156 valence electrons. The SMILES string of the molecule is Cc1cc(OCC(=O)N2CCN(S(=O)(=O)c3ccc(F)cc3F)CC2)ccc1Cl.